The molecule has 0 fully saturated rings. The van der Waals surface area contributed by atoms with Crippen LogP contribution in [-0.2, 0) is 17.5 Å². The number of carbonyl (C=O) groups excluding carboxylic acids is 1. The molecule has 0 unspecified atom stereocenters. The monoisotopic (exact) mass is 352 g/mol. The zero-order valence-corrected chi connectivity index (χ0v) is 12.7. The van der Waals surface area contributed by atoms with Gasteiger partial charge >= 0.3 is 6.18 Å². The van der Waals surface area contributed by atoms with Crippen LogP contribution in [0.5, 0.6) is 0 Å². The van der Waals surface area contributed by atoms with Gasteiger partial charge in [0.15, 0.2) is 0 Å². The summed E-state index contributed by atoms with van der Waals surface area (Å²) in [6.45, 7) is 3.33. The third-order valence-electron chi connectivity index (χ3n) is 2.85. The molecule has 3 N–H and O–H groups in total. The molecule has 20 heavy (non-hydrogen) atoms. The number of alkyl halides is 3. The van der Waals surface area contributed by atoms with Crippen LogP contribution < -0.4 is 11.1 Å². The highest BCUT2D eigenvalue weighted by molar-refractivity contribution is 9.10. The Bertz CT molecular complexity index is 489. The summed E-state index contributed by atoms with van der Waals surface area (Å²) in [5.74, 6) is -0.543. The van der Waals surface area contributed by atoms with Crippen LogP contribution in [-0.4, -0.2) is 11.9 Å². The average Bonchev–Trinajstić information content (AvgIpc) is 2.34. The summed E-state index contributed by atoms with van der Waals surface area (Å²) in [5, 5.41) is 2.43. The van der Waals surface area contributed by atoms with Gasteiger partial charge in [0.1, 0.15) is 0 Å². The molecule has 0 heterocycles. The molecule has 0 aliphatic carbocycles. The molecule has 0 aliphatic heterocycles. The Hall–Kier alpha value is -1.08. The van der Waals surface area contributed by atoms with E-state index in [4.69, 9.17) is 5.73 Å². The lowest BCUT2D eigenvalue weighted by molar-refractivity contribution is -0.138. The van der Waals surface area contributed by atoms with Crippen molar-refractivity contribution in [3.05, 3.63) is 33.8 Å². The Labute approximate surface area is 123 Å². The lowest BCUT2D eigenvalue weighted by Gasteiger charge is -2.17. The first-order valence-electron chi connectivity index (χ1n) is 6.02. The molecule has 3 nitrogen and oxygen atoms in total. The Morgan fingerprint density at radius 1 is 1.40 bits per heavy atom. The summed E-state index contributed by atoms with van der Waals surface area (Å²) < 4.78 is 39.0. The number of nitrogens with two attached hydrogens (primary N) is 1. The van der Waals surface area contributed by atoms with E-state index in [0.29, 0.717) is 4.47 Å². The minimum atomic E-state index is -4.47. The normalized spacial score (nSPS) is 13.4. The fraction of sp³-hybridized carbons (Fsp3) is 0.462. The standard InChI is InChI=1S/C13H16BrF3N2O/c1-7(2)11(18)12(20)19-6-8-3-4-9(14)5-10(8)13(15,16)17/h3-5,7,11H,6,18H2,1-2H3,(H,19,20)/t11-/m0/s1. The molecular formula is C13H16BrF3N2O. The van der Waals surface area contributed by atoms with Crippen LogP contribution in [0.1, 0.15) is 25.0 Å². The summed E-state index contributed by atoms with van der Waals surface area (Å²) in [5.41, 5.74) is 4.86. The summed E-state index contributed by atoms with van der Waals surface area (Å²) in [7, 11) is 0. The highest BCUT2D eigenvalue weighted by Crippen LogP contribution is 2.33. The summed E-state index contributed by atoms with van der Waals surface area (Å²) in [4.78, 5) is 11.7. The van der Waals surface area contributed by atoms with Gasteiger partial charge in [-0.25, -0.2) is 0 Å². The summed E-state index contributed by atoms with van der Waals surface area (Å²) in [6, 6.07) is 3.08. The third kappa shape index (κ3) is 4.49. The van der Waals surface area contributed by atoms with Crippen LogP contribution in [0.4, 0.5) is 13.2 Å². The SMILES string of the molecule is CC(C)[C@H](N)C(=O)NCc1ccc(Br)cc1C(F)(F)F. The molecule has 112 valence electrons. The number of nitrogens with one attached hydrogen (secondary N) is 1. The maximum absolute atomic E-state index is 12.9. The molecule has 0 saturated carbocycles. The van der Waals surface area contributed by atoms with E-state index in [9.17, 15) is 18.0 Å². The molecule has 1 atom stereocenters. The fourth-order valence-corrected chi connectivity index (χ4v) is 1.93. The molecule has 0 saturated heterocycles. The predicted molar refractivity (Wildman–Crippen MR) is 73.8 cm³/mol. The number of carbonyl (C=O) groups is 1. The molecule has 0 aromatic heterocycles. The number of rotatable bonds is 4. The third-order valence-corrected chi connectivity index (χ3v) is 3.34. The maximum atomic E-state index is 12.9. The molecule has 7 heteroatoms. The second-order valence-electron chi connectivity index (χ2n) is 4.79. The van der Waals surface area contributed by atoms with E-state index in [0.717, 1.165) is 6.07 Å². The summed E-state index contributed by atoms with van der Waals surface area (Å²) in [6.07, 6.45) is -4.47. The van der Waals surface area contributed by atoms with Crippen molar-refractivity contribution in [2.75, 3.05) is 0 Å². The van der Waals surface area contributed by atoms with Crippen LogP contribution in [0.15, 0.2) is 22.7 Å². The van der Waals surface area contributed by atoms with Gasteiger partial charge in [0.25, 0.3) is 0 Å². The molecule has 1 aromatic rings. The van der Waals surface area contributed by atoms with Gasteiger partial charge in [0, 0.05) is 11.0 Å². The number of benzene rings is 1. The van der Waals surface area contributed by atoms with E-state index in [1.54, 1.807) is 13.8 Å². The topological polar surface area (TPSA) is 55.1 Å². The average molecular weight is 353 g/mol. The lowest BCUT2D eigenvalue weighted by Crippen LogP contribution is -2.43. The lowest BCUT2D eigenvalue weighted by atomic mass is 10.0. The van der Waals surface area contributed by atoms with Crippen LogP contribution in [0.2, 0.25) is 0 Å². The smallest absolute Gasteiger partial charge is 0.351 e. The van der Waals surface area contributed by atoms with Crippen molar-refractivity contribution in [3.63, 3.8) is 0 Å². The highest BCUT2D eigenvalue weighted by Gasteiger charge is 2.33. The maximum Gasteiger partial charge on any atom is 0.416 e. The molecule has 0 spiro atoms. The molecular weight excluding hydrogens is 337 g/mol. The van der Waals surface area contributed by atoms with E-state index in [1.165, 1.54) is 12.1 Å². The van der Waals surface area contributed by atoms with Gasteiger partial charge in [0.05, 0.1) is 11.6 Å². The van der Waals surface area contributed by atoms with E-state index in [-0.39, 0.29) is 18.0 Å². The van der Waals surface area contributed by atoms with E-state index in [1.807, 2.05) is 0 Å². The molecule has 0 bridgehead atoms. The first kappa shape index (κ1) is 17.0. The molecule has 0 aliphatic rings. The van der Waals surface area contributed by atoms with Crippen molar-refractivity contribution >= 4 is 21.8 Å². The van der Waals surface area contributed by atoms with Crippen molar-refractivity contribution in [2.45, 2.75) is 32.6 Å². The first-order valence-corrected chi connectivity index (χ1v) is 6.81. The van der Waals surface area contributed by atoms with E-state index >= 15 is 0 Å². The van der Waals surface area contributed by atoms with Gasteiger partial charge in [0.2, 0.25) is 5.91 Å². The zero-order valence-electron chi connectivity index (χ0n) is 11.1. The Kier molecular flexibility index (Phi) is 5.59. The number of hydrogen-bond acceptors (Lipinski definition) is 2. The van der Waals surface area contributed by atoms with Crippen LogP contribution in [0, 0.1) is 5.92 Å². The molecule has 1 rings (SSSR count). The summed E-state index contributed by atoms with van der Waals surface area (Å²) >= 11 is 3.00. The molecule has 1 aromatic carbocycles. The molecule has 1 amide bonds. The van der Waals surface area contributed by atoms with E-state index in [2.05, 4.69) is 21.2 Å². The van der Waals surface area contributed by atoms with Crippen LogP contribution in [0.3, 0.4) is 0 Å². The number of hydrogen-bond donors (Lipinski definition) is 2. The van der Waals surface area contributed by atoms with Gasteiger partial charge < -0.3 is 11.1 Å². The van der Waals surface area contributed by atoms with Gasteiger partial charge in [-0.15, -0.1) is 0 Å². The predicted octanol–water partition coefficient (Wildman–Crippen LogP) is 3.07. The first-order chi connectivity index (χ1) is 9.12. The Balaban J connectivity index is 2.86. The van der Waals surface area contributed by atoms with Crippen LogP contribution in [0.25, 0.3) is 0 Å². The van der Waals surface area contributed by atoms with Crippen LogP contribution >= 0.6 is 15.9 Å². The fourth-order valence-electron chi connectivity index (χ4n) is 1.57. The highest BCUT2D eigenvalue weighted by atomic mass is 79.9. The zero-order chi connectivity index (χ0) is 15.5. The largest absolute Gasteiger partial charge is 0.416 e. The number of amides is 1. The number of halogens is 4. The van der Waals surface area contributed by atoms with Gasteiger partial charge in [-0.2, -0.15) is 13.2 Å². The van der Waals surface area contributed by atoms with Gasteiger partial charge in [-0.05, 0) is 23.6 Å². The van der Waals surface area contributed by atoms with E-state index < -0.39 is 23.7 Å². The Morgan fingerprint density at radius 2 is 2.00 bits per heavy atom. The van der Waals surface area contributed by atoms with Crippen molar-refractivity contribution in [1.29, 1.82) is 0 Å². The Morgan fingerprint density at radius 3 is 2.50 bits per heavy atom. The quantitative estimate of drug-likeness (QED) is 0.874. The minimum absolute atomic E-state index is 0.00464. The van der Waals surface area contributed by atoms with Crippen molar-refractivity contribution in [2.24, 2.45) is 11.7 Å². The van der Waals surface area contributed by atoms with Crippen molar-refractivity contribution in [3.8, 4) is 0 Å². The van der Waals surface area contributed by atoms with Gasteiger partial charge in [-0.1, -0.05) is 35.8 Å². The second kappa shape index (κ2) is 6.58. The minimum Gasteiger partial charge on any atom is -0.351 e. The van der Waals surface area contributed by atoms with Gasteiger partial charge in [-0.3, -0.25) is 4.79 Å². The van der Waals surface area contributed by atoms with Crippen molar-refractivity contribution in [1.82, 2.24) is 5.32 Å². The molecule has 0 radical (unpaired) electrons. The van der Waals surface area contributed by atoms with Crippen molar-refractivity contribution < 1.29 is 18.0 Å². The second-order valence-corrected chi connectivity index (χ2v) is 5.70.